The molecule has 0 saturated heterocycles. The van der Waals surface area contributed by atoms with Crippen LogP contribution in [-0.4, -0.2) is 25.3 Å². The number of carbonyl (C=O) groups excluding carboxylic acids is 2. The maximum absolute atomic E-state index is 12.1. The number of hydrogen-bond donors (Lipinski definition) is 1. The minimum absolute atomic E-state index is 0.152. The van der Waals surface area contributed by atoms with Crippen molar-refractivity contribution in [2.24, 2.45) is 0 Å². The van der Waals surface area contributed by atoms with Crippen LogP contribution < -0.4 is 19.5 Å². The first kappa shape index (κ1) is 18.4. The lowest BCUT2D eigenvalue weighted by Crippen LogP contribution is -2.20. The fraction of sp³-hybridized carbons (Fsp3) is 0.0909. The molecular formula is C22H17NO6. The lowest BCUT2D eigenvalue weighted by atomic mass is 10.2. The number of anilines is 1. The molecule has 29 heavy (non-hydrogen) atoms. The van der Waals surface area contributed by atoms with Gasteiger partial charge >= 0.3 is 5.97 Å². The largest absolute Gasteiger partial charge is 0.457 e. The first-order chi connectivity index (χ1) is 14.2. The van der Waals surface area contributed by atoms with Gasteiger partial charge in [0.2, 0.25) is 6.79 Å². The zero-order valence-electron chi connectivity index (χ0n) is 15.3. The summed E-state index contributed by atoms with van der Waals surface area (Å²) < 4.78 is 21.2. The number of nitrogens with one attached hydrogen (secondary N) is 1. The third-order valence-electron chi connectivity index (χ3n) is 4.06. The van der Waals surface area contributed by atoms with E-state index in [1.165, 1.54) is 0 Å². The summed E-state index contributed by atoms with van der Waals surface area (Å²) in [5.74, 6) is 1.40. The lowest BCUT2D eigenvalue weighted by Gasteiger charge is -2.08. The van der Waals surface area contributed by atoms with Crippen molar-refractivity contribution < 1.29 is 28.5 Å². The molecule has 0 spiro atoms. The SMILES string of the molecule is O=C(COC(=O)c1ccc(Oc2ccccc2)cc1)Nc1ccc2c(c1)OCO2. The van der Waals surface area contributed by atoms with Crippen molar-refractivity contribution in [1.82, 2.24) is 0 Å². The molecule has 0 saturated carbocycles. The molecule has 0 fully saturated rings. The molecule has 146 valence electrons. The zero-order chi connectivity index (χ0) is 20.1. The number of amides is 1. The standard InChI is InChI=1S/C22H17NO6/c24-21(23-16-8-11-19-20(12-16)28-14-27-19)13-26-22(25)15-6-9-18(10-7-15)29-17-4-2-1-3-5-17/h1-12H,13-14H2,(H,23,24). The van der Waals surface area contributed by atoms with E-state index in [1.54, 1.807) is 42.5 Å². The molecule has 1 N–H and O–H groups in total. The summed E-state index contributed by atoms with van der Waals surface area (Å²) in [5.41, 5.74) is 0.846. The van der Waals surface area contributed by atoms with Crippen molar-refractivity contribution in [3.63, 3.8) is 0 Å². The van der Waals surface area contributed by atoms with Crippen molar-refractivity contribution in [1.29, 1.82) is 0 Å². The van der Waals surface area contributed by atoms with Gasteiger partial charge in [-0.15, -0.1) is 0 Å². The van der Waals surface area contributed by atoms with Crippen molar-refractivity contribution in [3.05, 3.63) is 78.4 Å². The van der Waals surface area contributed by atoms with Crippen molar-refractivity contribution in [2.45, 2.75) is 0 Å². The van der Waals surface area contributed by atoms with Gasteiger partial charge in [0.05, 0.1) is 5.56 Å². The van der Waals surface area contributed by atoms with Crippen LogP contribution in [0.5, 0.6) is 23.0 Å². The van der Waals surface area contributed by atoms with Gasteiger partial charge in [-0.05, 0) is 48.5 Å². The van der Waals surface area contributed by atoms with Gasteiger partial charge in [-0.3, -0.25) is 4.79 Å². The number of rotatable bonds is 6. The Hall–Kier alpha value is -4.00. The van der Waals surface area contributed by atoms with Gasteiger partial charge in [0.15, 0.2) is 18.1 Å². The summed E-state index contributed by atoms with van der Waals surface area (Å²) in [7, 11) is 0. The summed E-state index contributed by atoms with van der Waals surface area (Å²) in [6, 6.07) is 20.8. The highest BCUT2D eigenvalue weighted by molar-refractivity contribution is 5.95. The molecule has 3 aromatic carbocycles. The molecule has 1 aliphatic heterocycles. The molecule has 0 bridgehead atoms. The fourth-order valence-electron chi connectivity index (χ4n) is 2.67. The molecule has 0 aromatic heterocycles. The number of carbonyl (C=O) groups is 2. The van der Waals surface area contributed by atoms with E-state index in [4.69, 9.17) is 18.9 Å². The van der Waals surface area contributed by atoms with E-state index in [2.05, 4.69) is 5.32 Å². The second-order valence-electron chi connectivity index (χ2n) is 6.13. The van der Waals surface area contributed by atoms with Crippen LogP contribution in [0.4, 0.5) is 5.69 Å². The van der Waals surface area contributed by atoms with E-state index in [1.807, 2.05) is 30.3 Å². The molecule has 3 aromatic rings. The van der Waals surface area contributed by atoms with Crippen molar-refractivity contribution >= 4 is 17.6 Å². The third kappa shape index (κ3) is 4.65. The van der Waals surface area contributed by atoms with E-state index in [-0.39, 0.29) is 6.79 Å². The van der Waals surface area contributed by atoms with Gasteiger partial charge in [-0.2, -0.15) is 0 Å². The molecule has 0 aliphatic carbocycles. The normalized spacial score (nSPS) is 11.6. The minimum Gasteiger partial charge on any atom is -0.457 e. The van der Waals surface area contributed by atoms with E-state index in [0.29, 0.717) is 34.2 Å². The molecule has 7 nitrogen and oxygen atoms in total. The van der Waals surface area contributed by atoms with Crippen LogP contribution in [0.1, 0.15) is 10.4 Å². The number of benzene rings is 3. The highest BCUT2D eigenvalue weighted by Gasteiger charge is 2.15. The van der Waals surface area contributed by atoms with E-state index < -0.39 is 18.5 Å². The molecule has 0 radical (unpaired) electrons. The summed E-state index contributed by atoms with van der Waals surface area (Å²) in [5, 5.41) is 2.64. The van der Waals surface area contributed by atoms with Crippen LogP contribution in [0, 0.1) is 0 Å². The number of fused-ring (bicyclic) bond motifs is 1. The second-order valence-corrected chi connectivity index (χ2v) is 6.13. The quantitative estimate of drug-likeness (QED) is 0.640. The van der Waals surface area contributed by atoms with Gasteiger partial charge in [0.1, 0.15) is 11.5 Å². The van der Waals surface area contributed by atoms with E-state index >= 15 is 0 Å². The maximum Gasteiger partial charge on any atom is 0.338 e. The Kier molecular flexibility index (Phi) is 5.29. The molecule has 1 heterocycles. The summed E-state index contributed by atoms with van der Waals surface area (Å²) in [4.78, 5) is 24.2. The summed E-state index contributed by atoms with van der Waals surface area (Å²) >= 11 is 0. The Labute approximate surface area is 166 Å². The maximum atomic E-state index is 12.1. The van der Waals surface area contributed by atoms with Crippen LogP contribution in [0.25, 0.3) is 0 Å². The molecular weight excluding hydrogens is 374 g/mol. The molecule has 0 atom stereocenters. The Morgan fingerprint density at radius 3 is 2.38 bits per heavy atom. The smallest absolute Gasteiger partial charge is 0.338 e. The van der Waals surface area contributed by atoms with Crippen LogP contribution in [0.3, 0.4) is 0 Å². The van der Waals surface area contributed by atoms with Crippen LogP contribution >= 0.6 is 0 Å². The zero-order valence-corrected chi connectivity index (χ0v) is 15.3. The first-order valence-corrected chi connectivity index (χ1v) is 8.87. The van der Waals surface area contributed by atoms with Crippen molar-refractivity contribution in [2.75, 3.05) is 18.7 Å². The Morgan fingerprint density at radius 1 is 0.862 bits per heavy atom. The highest BCUT2D eigenvalue weighted by atomic mass is 16.7. The van der Waals surface area contributed by atoms with Crippen LogP contribution in [0.15, 0.2) is 72.8 Å². The highest BCUT2D eigenvalue weighted by Crippen LogP contribution is 2.34. The summed E-state index contributed by atoms with van der Waals surface area (Å²) in [6.07, 6.45) is 0. The van der Waals surface area contributed by atoms with Gasteiger partial charge in [0.25, 0.3) is 5.91 Å². The van der Waals surface area contributed by atoms with E-state index in [9.17, 15) is 9.59 Å². The number of ether oxygens (including phenoxy) is 4. The molecule has 7 heteroatoms. The Bertz CT molecular complexity index is 1020. The molecule has 1 aliphatic rings. The number of esters is 1. The first-order valence-electron chi connectivity index (χ1n) is 8.87. The second kappa shape index (κ2) is 8.35. The predicted octanol–water partition coefficient (Wildman–Crippen LogP) is 4.00. The van der Waals surface area contributed by atoms with Crippen molar-refractivity contribution in [3.8, 4) is 23.0 Å². The van der Waals surface area contributed by atoms with Crippen LogP contribution in [0.2, 0.25) is 0 Å². The minimum atomic E-state index is -0.600. The number of para-hydroxylation sites is 1. The molecule has 1 amide bonds. The fourth-order valence-corrected chi connectivity index (χ4v) is 2.67. The summed E-state index contributed by atoms with van der Waals surface area (Å²) in [6.45, 7) is -0.255. The molecule has 0 unspecified atom stereocenters. The average Bonchev–Trinajstić information content (AvgIpc) is 3.21. The predicted molar refractivity (Wildman–Crippen MR) is 104 cm³/mol. The van der Waals surface area contributed by atoms with Gasteiger partial charge < -0.3 is 24.3 Å². The average molecular weight is 391 g/mol. The van der Waals surface area contributed by atoms with Gasteiger partial charge in [-0.1, -0.05) is 18.2 Å². The van der Waals surface area contributed by atoms with Gasteiger partial charge in [-0.25, -0.2) is 4.79 Å². The van der Waals surface area contributed by atoms with E-state index in [0.717, 1.165) is 0 Å². The van der Waals surface area contributed by atoms with Crippen LogP contribution in [-0.2, 0) is 9.53 Å². The Morgan fingerprint density at radius 2 is 1.59 bits per heavy atom. The Balaban J connectivity index is 1.28. The monoisotopic (exact) mass is 391 g/mol. The van der Waals surface area contributed by atoms with Gasteiger partial charge in [0, 0.05) is 11.8 Å². The number of hydrogen-bond acceptors (Lipinski definition) is 6. The molecule has 4 rings (SSSR count). The lowest BCUT2D eigenvalue weighted by molar-refractivity contribution is -0.119. The third-order valence-corrected chi connectivity index (χ3v) is 4.06. The topological polar surface area (TPSA) is 83.1 Å².